The number of likely N-dealkylation sites (tertiary alicyclic amines) is 1. The van der Waals surface area contributed by atoms with Gasteiger partial charge < -0.3 is 15.2 Å². The van der Waals surface area contributed by atoms with Crippen LogP contribution in [0.3, 0.4) is 0 Å². The number of carbonyl (C=O) groups is 2. The van der Waals surface area contributed by atoms with Crippen LogP contribution in [-0.4, -0.2) is 65.2 Å². The summed E-state index contributed by atoms with van der Waals surface area (Å²) in [7, 11) is 0. The van der Waals surface area contributed by atoms with Gasteiger partial charge in [0.1, 0.15) is 6.04 Å². The first-order valence-corrected chi connectivity index (χ1v) is 17.4. The van der Waals surface area contributed by atoms with E-state index in [9.17, 15) is 14.7 Å². The van der Waals surface area contributed by atoms with E-state index in [1.165, 1.54) is 50.5 Å². The molecule has 230 valence electrons. The number of carboxylic acid groups (broad SMARTS) is 1. The van der Waals surface area contributed by atoms with Gasteiger partial charge in [-0.1, -0.05) is 62.9 Å². The quantitative estimate of drug-likeness (QED) is 0.225. The summed E-state index contributed by atoms with van der Waals surface area (Å²) in [6.07, 6.45) is 13.7. The van der Waals surface area contributed by atoms with Crippen LogP contribution in [0.2, 0.25) is 0 Å². The standard InChI is InChI=1S/C35H50N2O4S/c1-4-10-28-16-17-29(24-41-23-26-12-6-5-7-13-26)37(28)22-27-15-18-31(32(21-27)30-14-9-8-11-25(30)2)34(38)36-33(35(39)40)19-20-42-3/h8-9,11,14-15,18,21,26,28-29,33H,4-7,10,12-13,16-17,19-20,22-24H2,1-3H3,(H,36,38)(H,39,40)/t28?,29?,33-/m0/s1. The molecule has 42 heavy (non-hydrogen) atoms. The summed E-state index contributed by atoms with van der Waals surface area (Å²) in [4.78, 5) is 28.0. The van der Waals surface area contributed by atoms with Crippen molar-refractivity contribution in [1.29, 1.82) is 0 Å². The number of thioether (sulfide) groups is 1. The van der Waals surface area contributed by atoms with Crippen molar-refractivity contribution >= 4 is 23.6 Å². The van der Waals surface area contributed by atoms with Crippen LogP contribution in [0.5, 0.6) is 0 Å². The Morgan fingerprint density at radius 3 is 2.50 bits per heavy atom. The number of amides is 1. The summed E-state index contributed by atoms with van der Waals surface area (Å²) in [5.74, 6) is 0.0459. The van der Waals surface area contributed by atoms with Gasteiger partial charge in [0.25, 0.3) is 5.91 Å². The van der Waals surface area contributed by atoms with Crippen LogP contribution in [0, 0.1) is 12.8 Å². The Hall–Kier alpha value is -2.35. The largest absolute Gasteiger partial charge is 0.480 e. The highest BCUT2D eigenvalue weighted by molar-refractivity contribution is 7.98. The molecule has 1 aliphatic heterocycles. The van der Waals surface area contributed by atoms with E-state index < -0.39 is 12.0 Å². The maximum Gasteiger partial charge on any atom is 0.326 e. The fourth-order valence-electron chi connectivity index (χ4n) is 6.75. The molecule has 2 aliphatic rings. The van der Waals surface area contributed by atoms with Gasteiger partial charge in [-0.2, -0.15) is 11.8 Å². The first kappa shape index (κ1) is 32.6. The Balaban J connectivity index is 1.56. The van der Waals surface area contributed by atoms with Crippen molar-refractivity contribution in [1.82, 2.24) is 10.2 Å². The van der Waals surface area contributed by atoms with Crippen molar-refractivity contribution in [2.24, 2.45) is 5.92 Å². The maximum absolute atomic E-state index is 13.5. The molecule has 2 N–H and O–H groups in total. The van der Waals surface area contributed by atoms with Gasteiger partial charge in [0.05, 0.1) is 6.61 Å². The van der Waals surface area contributed by atoms with Crippen LogP contribution in [0.15, 0.2) is 42.5 Å². The molecule has 2 aromatic carbocycles. The van der Waals surface area contributed by atoms with E-state index in [0.29, 0.717) is 29.8 Å². The molecule has 1 saturated heterocycles. The summed E-state index contributed by atoms with van der Waals surface area (Å²) < 4.78 is 6.35. The zero-order chi connectivity index (χ0) is 29.9. The van der Waals surface area contributed by atoms with Gasteiger partial charge in [-0.3, -0.25) is 9.69 Å². The first-order valence-electron chi connectivity index (χ1n) is 16.0. The highest BCUT2D eigenvalue weighted by Gasteiger charge is 2.33. The lowest BCUT2D eigenvalue weighted by Crippen LogP contribution is -2.41. The predicted molar refractivity (Wildman–Crippen MR) is 173 cm³/mol. The average Bonchev–Trinajstić information content (AvgIpc) is 3.36. The molecule has 6 nitrogen and oxygen atoms in total. The van der Waals surface area contributed by atoms with E-state index in [0.717, 1.165) is 55.2 Å². The van der Waals surface area contributed by atoms with Gasteiger partial charge in [-0.15, -0.1) is 0 Å². The molecule has 0 aromatic heterocycles. The number of benzene rings is 2. The van der Waals surface area contributed by atoms with Gasteiger partial charge in [0.2, 0.25) is 0 Å². The number of carbonyl (C=O) groups excluding carboxylic acids is 1. The van der Waals surface area contributed by atoms with E-state index in [1.54, 1.807) is 11.8 Å². The van der Waals surface area contributed by atoms with E-state index in [-0.39, 0.29) is 5.91 Å². The summed E-state index contributed by atoms with van der Waals surface area (Å²) >= 11 is 1.58. The number of rotatable bonds is 15. The van der Waals surface area contributed by atoms with Crippen molar-refractivity contribution in [3.05, 3.63) is 59.2 Å². The van der Waals surface area contributed by atoms with E-state index >= 15 is 0 Å². The predicted octanol–water partition coefficient (Wildman–Crippen LogP) is 7.33. The van der Waals surface area contributed by atoms with Crippen molar-refractivity contribution in [2.45, 2.75) is 103 Å². The van der Waals surface area contributed by atoms with E-state index in [2.05, 4.69) is 42.3 Å². The first-order chi connectivity index (χ1) is 20.4. The van der Waals surface area contributed by atoms with Crippen LogP contribution in [0.4, 0.5) is 0 Å². The molecule has 1 heterocycles. The Labute approximate surface area is 257 Å². The summed E-state index contributed by atoms with van der Waals surface area (Å²) in [6, 6.07) is 14.2. The number of ether oxygens (including phenoxy) is 1. The SMILES string of the molecule is CCCC1CCC(COCC2CCCCC2)N1Cc1ccc(C(=O)N[C@@H](CCSC)C(=O)O)c(-c2ccccc2C)c1. The molecule has 1 aliphatic carbocycles. The zero-order valence-corrected chi connectivity index (χ0v) is 26.6. The molecule has 2 fully saturated rings. The average molecular weight is 595 g/mol. The molecule has 1 saturated carbocycles. The van der Waals surface area contributed by atoms with Gasteiger partial charge in [0, 0.05) is 30.8 Å². The third-order valence-corrected chi connectivity index (χ3v) is 9.77. The summed E-state index contributed by atoms with van der Waals surface area (Å²) in [5, 5.41) is 12.5. The fourth-order valence-corrected chi connectivity index (χ4v) is 7.22. The molecule has 7 heteroatoms. The Morgan fingerprint density at radius 1 is 1.02 bits per heavy atom. The molecule has 1 amide bonds. The summed E-state index contributed by atoms with van der Waals surface area (Å²) in [6.45, 7) is 6.80. The number of nitrogens with one attached hydrogen (secondary N) is 1. The zero-order valence-electron chi connectivity index (χ0n) is 25.8. The minimum atomic E-state index is -1.00. The lowest BCUT2D eigenvalue weighted by Gasteiger charge is -2.31. The van der Waals surface area contributed by atoms with Crippen molar-refractivity contribution in [2.75, 3.05) is 25.2 Å². The fraction of sp³-hybridized carbons (Fsp3) is 0.600. The van der Waals surface area contributed by atoms with Crippen LogP contribution in [0.1, 0.15) is 92.6 Å². The third kappa shape index (κ3) is 8.84. The number of hydrogen-bond acceptors (Lipinski definition) is 5. The topological polar surface area (TPSA) is 78.9 Å². The smallest absolute Gasteiger partial charge is 0.326 e. The molecule has 0 bridgehead atoms. The van der Waals surface area contributed by atoms with Crippen LogP contribution in [-0.2, 0) is 16.1 Å². The molecular formula is C35H50N2O4S. The third-order valence-electron chi connectivity index (χ3n) is 9.12. The molecule has 0 radical (unpaired) electrons. The van der Waals surface area contributed by atoms with E-state index in [4.69, 9.17) is 4.74 Å². The second kappa shape index (κ2) is 16.5. The Bertz CT molecular complexity index is 1170. The lowest BCUT2D eigenvalue weighted by atomic mass is 9.90. The number of nitrogens with zero attached hydrogens (tertiary/aromatic N) is 1. The van der Waals surface area contributed by atoms with Gasteiger partial charge in [0.15, 0.2) is 0 Å². The Kier molecular flexibility index (Phi) is 12.8. The minimum Gasteiger partial charge on any atom is -0.480 e. The second-order valence-electron chi connectivity index (χ2n) is 12.2. The van der Waals surface area contributed by atoms with Crippen LogP contribution < -0.4 is 5.32 Å². The molecule has 2 aromatic rings. The lowest BCUT2D eigenvalue weighted by molar-refractivity contribution is -0.139. The molecule has 2 unspecified atom stereocenters. The van der Waals surface area contributed by atoms with Crippen LogP contribution >= 0.6 is 11.8 Å². The molecular weight excluding hydrogens is 544 g/mol. The second-order valence-corrected chi connectivity index (χ2v) is 13.2. The molecule has 0 spiro atoms. The number of hydrogen-bond donors (Lipinski definition) is 2. The Morgan fingerprint density at radius 2 is 1.79 bits per heavy atom. The number of carboxylic acids is 1. The highest BCUT2D eigenvalue weighted by atomic mass is 32.2. The normalized spacial score (nSPS) is 20.5. The number of aryl methyl sites for hydroxylation is 1. The highest BCUT2D eigenvalue weighted by Crippen LogP contribution is 2.33. The van der Waals surface area contributed by atoms with Crippen molar-refractivity contribution < 1.29 is 19.4 Å². The van der Waals surface area contributed by atoms with Gasteiger partial charge in [-0.25, -0.2) is 4.79 Å². The minimum absolute atomic E-state index is 0.340. The van der Waals surface area contributed by atoms with E-state index in [1.807, 2.05) is 30.5 Å². The monoisotopic (exact) mass is 594 g/mol. The molecule has 3 atom stereocenters. The van der Waals surface area contributed by atoms with Gasteiger partial charge in [-0.05, 0) is 97.8 Å². The number of aliphatic carboxylic acids is 1. The van der Waals surface area contributed by atoms with Crippen molar-refractivity contribution in [3.8, 4) is 11.1 Å². The molecule has 4 rings (SSSR count). The van der Waals surface area contributed by atoms with Gasteiger partial charge >= 0.3 is 5.97 Å². The van der Waals surface area contributed by atoms with Crippen molar-refractivity contribution in [3.63, 3.8) is 0 Å². The summed E-state index contributed by atoms with van der Waals surface area (Å²) in [5.41, 5.74) is 4.62. The maximum atomic E-state index is 13.5. The van der Waals surface area contributed by atoms with Crippen LogP contribution in [0.25, 0.3) is 11.1 Å².